The third-order valence-corrected chi connectivity index (χ3v) is 9.10. The van der Waals surface area contributed by atoms with Gasteiger partial charge in [-0.1, -0.05) is 22.9 Å². The summed E-state index contributed by atoms with van der Waals surface area (Å²) < 4.78 is 19.8. The standard InChI is InChI=1S/C29H35ClFN7O4S/c1-18-5-3-8-38(18)17-23-26(19-13-20(30)27(42-2)21(31)14-19)34-29(43-23)35-28(41)22-15-33-24(16-32-22)37-11-9-36(10-12-37)7-4-6-25(39)40/h13-16,18H,3-12,17H2,1-2H3,(H,39,40)(H,34,35,41)/t18-/m1/s1. The topological polar surface area (TPSA) is 124 Å². The Hall–Kier alpha value is -3.39. The number of anilines is 2. The van der Waals surface area contributed by atoms with Crippen LogP contribution in [0.4, 0.5) is 15.3 Å². The molecule has 0 saturated carbocycles. The summed E-state index contributed by atoms with van der Waals surface area (Å²) in [6, 6.07) is 3.39. The molecule has 0 aliphatic carbocycles. The van der Waals surface area contributed by atoms with Crippen LogP contribution in [-0.2, 0) is 11.3 Å². The maximum absolute atomic E-state index is 14.7. The van der Waals surface area contributed by atoms with Gasteiger partial charge < -0.3 is 14.7 Å². The number of likely N-dealkylation sites (tertiary alicyclic amines) is 1. The second-order valence-electron chi connectivity index (χ2n) is 10.8. The molecule has 4 heterocycles. The molecule has 11 nitrogen and oxygen atoms in total. The maximum Gasteiger partial charge on any atom is 0.303 e. The predicted molar refractivity (Wildman–Crippen MR) is 164 cm³/mol. The monoisotopic (exact) mass is 631 g/mol. The third kappa shape index (κ3) is 7.58. The zero-order valence-corrected chi connectivity index (χ0v) is 25.8. The van der Waals surface area contributed by atoms with Gasteiger partial charge in [0, 0.05) is 55.6 Å². The van der Waals surface area contributed by atoms with Gasteiger partial charge in [-0.15, -0.1) is 0 Å². The number of aliphatic carboxylic acids is 1. The number of aromatic nitrogens is 3. The van der Waals surface area contributed by atoms with Crippen LogP contribution in [0.3, 0.4) is 0 Å². The molecule has 3 aromatic rings. The van der Waals surface area contributed by atoms with E-state index in [1.807, 2.05) is 0 Å². The molecule has 1 amide bonds. The molecule has 0 bridgehead atoms. The summed E-state index contributed by atoms with van der Waals surface area (Å²) in [6.07, 6.45) is 6.05. The van der Waals surface area contributed by atoms with Crippen molar-refractivity contribution in [3.63, 3.8) is 0 Å². The number of nitrogens with zero attached hydrogens (tertiary/aromatic N) is 6. The summed E-state index contributed by atoms with van der Waals surface area (Å²) in [7, 11) is 1.36. The Morgan fingerprint density at radius 1 is 1.19 bits per heavy atom. The number of halogens is 2. The quantitative estimate of drug-likeness (QED) is 0.310. The minimum absolute atomic E-state index is 0.0245. The van der Waals surface area contributed by atoms with Gasteiger partial charge in [0.1, 0.15) is 11.5 Å². The molecule has 1 atom stereocenters. The highest BCUT2D eigenvalue weighted by Crippen LogP contribution is 2.38. The van der Waals surface area contributed by atoms with Gasteiger partial charge in [-0.3, -0.25) is 24.7 Å². The van der Waals surface area contributed by atoms with E-state index in [0.717, 1.165) is 57.0 Å². The number of benzene rings is 1. The Labute approximate surface area is 258 Å². The van der Waals surface area contributed by atoms with Crippen LogP contribution >= 0.6 is 22.9 Å². The minimum atomic E-state index is -0.775. The molecule has 5 rings (SSSR count). The lowest BCUT2D eigenvalue weighted by Gasteiger charge is -2.35. The fourth-order valence-corrected chi connectivity index (χ4v) is 6.75. The molecule has 2 saturated heterocycles. The molecule has 2 aliphatic rings. The number of thiazole rings is 1. The number of carbonyl (C=O) groups excluding carboxylic acids is 1. The second kappa shape index (κ2) is 13.9. The molecule has 0 radical (unpaired) electrons. The molecule has 2 N–H and O–H groups in total. The van der Waals surface area contributed by atoms with E-state index in [0.29, 0.717) is 41.2 Å². The number of hydrogen-bond donors (Lipinski definition) is 2. The first-order valence-electron chi connectivity index (χ1n) is 14.3. The number of ether oxygens (including phenoxy) is 1. The van der Waals surface area contributed by atoms with Crippen molar-refractivity contribution in [2.24, 2.45) is 0 Å². The largest absolute Gasteiger partial charge is 0.492 e. The van der Waals surface area contributed by atoms with E-state index in [1.54, 1.807) is 12.3 Å². The summed E-state index contributed by atoms with van der Waals surface area (Å²) in [5, 5.41) is 12.2. The van der Waals surface area contributed by atoms with Crippen LogP contribution in [0, 0.1) is 5.82 Å². The lowest BCUT2D eigenvalue weighted by Crippen LogP contribution is -2.47. The number of piperazine rings is 1. The fourth-order valence-electron chi connectivity index (χ4n) is 5.46. The van der Waals surface area contributed by atoms with E-state index >= 15 is 0 Å². The van der Waals surface area contributed by atoms with Crippen molar-refractivity contribution < 1.29 is 23.8 Å². The number of carbonyl (C=O) groups is 2. The van der Waals surface area contributed by atoms with Gasteiger partial charge >= 0.3 is 5.97 Å². The normalized spacial score (nSPS) is 17.8. The molecule has 0 spiro atoms. The number of hydrogen-bond acceptors (Lipinski definition) is 10. The zero-order valence-electron chi connectivity index (χ0n) is 24.2. The predicted octanol–water partition coefficient (Wildman–Crippen LogP) is 4.62. The Morgan fingerprint density at radius 2 is 1.98 bits per heavy atom. The van der Waals surface area contributed by atoms with Crippen LogP contribution in [-0.4, -0.2) is 94.2 Å². The molecule has 14 heteroatoms. The smallest absolute Gasteiger partial charge is 0.303 e. The van der Waals surface area contributed by atoms with Crippen molar-refractivity contribution >= 4 is 45.8 Å². The highest BCUT2D eigenvalue weighted by Gasteiger charge is 2.25. The number of carboxylic acid groups (broad SMARTS) is 1. The SMILES string of the molecule is COc1c(F)cc(-c2nc(NC(=O)c3cnc(N4CCN(CCCC(=O)O)CC4)cn3)sc2CN2CCC[C@H]2C)cc1Cl. The van der Waals surface area contributed by atoms with E-state index in [4.69, 9.17) is 21.4 Å². The van der Waals surface area contributed by atoms with Crippen molar-refractivity contribution in [2.45, 2.75) is 45.2 Å². The van der Waals surface area contributed by atoms with Gasteiger partial charge in [-0.25, -0.2) is 19.3 Å². The van der Waals surface area contributed by atoms with E-state index in [2.05, 4.69) is 41.9 Å². The summed E-state index contributed by atoms with van der Waals surface area (Å²) in [5.41, 5.74) is 1.22. The Balaban J connectivity index is 1.27. The maximum atomic E-state index is 14.7. The molecular formula is C29H35ClFN7O4S. The van der Waals surface area contributed by atoms with Crippen molar-refractivity contribution in [2.75, 3.05) is 56.6 Å². The van der Waals surface area contributed by atoms with E-state index in [-0.39, 0.29) is 22.9 Å². The van der Waals surface area contributed by atoms with Gasteiger partial charge in [-0.2, -0.15) is 0 Å². The molecule has 43 heavy (non-hydrogen) atoms. The van der Waals surface area contributed by atoms with Crippen molar-refractivity contribution in [1.29, 1.82) is 0 Å². The van der Waals surface area contributed by atoms with Gasteiger partial charge in [0.05, 0.1) is 30.2 Å². The minimum Gasteiger partial charge on any atom is -0.492 e. The van der Waals surface area contributed by atoms with Gasteiger partial charge in [0.2, 0.25) is 0 Å². The lowest BCUT2D eigenvalue weighted by molar-refractivity contribution is -0.137. The average Bonchev–Trinajstić information content (AvgIpc) is 3.58. The van der Waals surface area contributed by atoms with Crippen molar-refractivity contribution in [3.8, 4) is 17.0 Å². The number of rotatable bonds is 11. The molecule has 0 unspecified atom stereocenters. The van der Waals surface area contributed by atoms with Crippen molar-refractivity contribution in [1.82, 2.24) is 24.8 Å². The molecule has 2 aliphatic heterocycles. The number of amides is 1. The van der Waals surface area contributed by atoms with Crippen LogP contribution in [0.25, 0.3) is 11.3 Å². The van der Waals surface area contributed by atoms with Crippen LogP contribution in [0.1, 0.15) is 48.0 Å². The Morgan fingerprint density at radius 3 is 2.60 bits per heavy atom. The molecule has 2 aromatic heterocycles. The fraction of sp³-hybridized carbons (Fsp3) is 0.483. The number of methoxy groups -OCH3 is 1. The van der Waals surface area contributed by atoms with Gasteiger partial charge in [-0.05, 0) is 51.4 Å². The first-order valence-corrected chi connectivity index (χ1v) is 15.5. The summed E-state index contributed by atoms with van der Waals surface area (Å²) in [4.78, 5) is 45.0. The Kier molecular flexibility index (Phi) is 10.1. The Bertz CT molecular complexity index is 1430. The molecule has 2 fully saturated rings. The van der Waals surface area contributed by atoms with Crippen LogP contribution in [0.15, 0.2) is 24.5 Å². The number of nitrogens with one attached hydrogen (secondary N) is 1. The summed E-state index contributed by atoms with van der Waals surface area (Å²) in [6.45, 7) is 7.60. The first kappa shape index (κ1) is 31.0. The highest BCUT2D eigenvalue weighted by molar-refractivity contribution is 7.16. The van der Waals surface area contributed by atoms with Crippen molar-refractivity contribution in [3.05, 3.63) is 45.9 Å². The van der Waals surface area contributed by atoms with Crippen LogP contribution < -0.4 is 15.0 Å². The second-order valence-corrected chi connectivity index (χ2v) is 12.3. The third-order valence-electron chi connectivity index (χ3n) is 7.86. The highest BCUT2D eigenvalue weighted by atomic mass is 35.5. The van der Waals surface area contributed by atoms with Crippen LogP contribution in [0.2, 0.25) is 5.02 Å². The molecule has 1 aromatic carbocycles. The summed E-state index contributed by atoms with van der Waals surface area (Å²) in [5.74, 6) is -1.15. The van der Waals surface area contributed by atoms with E-state index in [9.17, 15) is 14.0 Å². The van der Waals surface area contributed by atoms with E-state index in [1.165, 1.54) is 30.7 Å². The first-order chi connectivity index (χ1) is 20.7. The zero-order chi connectivity index (χ0) is 30.5. The van der Waals surface area contributed by atoms with E-state index < -0.39 is 17.7 Å². The average molecular weight is 632 g/mol. The lowest BCUT2D eigenvalue weighted by atomic mass is 10.1. The number of carboxylic acids is 1. The molecule has 230 valence electrons. The summed E-state index contributed by atoms with van der Waals surface area (Å²) >= 11 is 7.64. The van der Waals surface area contributed by atoms with Gasteiger partial charge in [0.15, 0.2) is 16.7 Å². The van der Waals surface area contributed by atoms with Crippen LogP contribution in [0.5, 0.6) is 5.75 Å². The molecular weight excluding hydrogens is 597 g/mol. The van der Waals surface area contributed by atoms with Gasteiger partial charge in [0.25, 0.3) is 5.91 Å².